The van der Waals surface area contributed by atoms with Crippen LogP contribution >= 0.6 is 23.2 Å². The number of benzene rings is 1. The Morgan fingerprint density at radius 2 is 2.00 bits per heavy atom. The van der Waals surface area contributed by atoms with E-state index < -0.39 is 11.9 Å². The molecule has 104 valence electrons. The number of hydrogen-bond donors (Lipinski definition) is 3. The zero-order valence-electron chi connectivity index (χ0n) is 10.4. The van der Waals surface area contributed by atoms with E-state index in [9.17, 15) is 9.59 Å². The molecule has 0 radical (unpaired) electrons. The van der Waals surface area contributed by atoms with Crippen molar-refractivity contribution in [2.45, 2.75) is 13.3 Å². The quantitative estimate of drug-likeness (QED) is 0.783. The molecule has 0 aliphatic rings. The third-order valence-corrected chi connectivity index (χ3v) is 2.72. The summed E-state index contributed by atoms with van der Waals surface area (Å²) in [7, 11) is 0. The van der Waals surface area contributed by atoms with Crippen molar-refractivity contribution in [3.63, 3.8) is 0 Å². The van der Waals surface area contributed by atoms with Crippen LogP contribution in [0.15, 0.2) is 18.2 Å². The molecular formula is C12H15Cl2N3O2. The van der Waals surface area contributed by atoms with Gasteiger partial charge in [-0.3, -0.25) is 10.1 Å². The van der Waals surface area contributed by atoms with Gasteiger partial charge in [0.05, 0.1) is 17.3 Å². The lowest BCUT2D eigenvalue weighted by Gasteiger charge is -2.09. The van der Waals surface area contributed by atoms with Crippen LogP contribution in [0.5, 0.6) is 0 Å². The Bertz CT molecular complexity index is 466. The summed E-state index contributed by atoms with van der Waals surface area (Å²) < 4.78 is 0. The molecule has 0 aromatic heterocycles. The maximum Gasteiger partial charge on any atom is 0.321 e. The number of hydrogen-bond acceptors (Lipinski definition) is 3. The lowest BCUT2D eigenvalue weighted by atomic mass is 10.3. The zero-order chi connectivity index (χ0) is 14.3. The van der Waals surface area contributed by atoms with Crippen molar-refractivity contribution in [1.82, 2.24) is 10.6 Å². The molecule has 0 aliphatic heterocycles. The lowest BCUT2D eigenvalue weighted by Crippen LogP contribution is -2.42. The zero-order valence-corrected chi connectivity index (χ0v) is 11.9. The highest BCUT2D eigenvalue weighted by Gasteiger charge is 2.08. The Morgan fingerprint density at radius 3 is 2.68 bits per heavy atom. The van der Waals surface area contributed by atoms with Crippen molar-refractivity contribution in [2.75, 3.05) is 18.4 Å². The predicted octanol–water partition coefficient (Wildman–Crippen LogP) is 2.64. The first-order chi connectivity index (χ1) is 9.02. The van der Waals surface area contributed by atoms with Crippen molar-refractivity contribution < 1.29 is 9.59 Å². The number of imide groups is 1. The monoisotopic (exact) mass is 303 g/mol. The largest absolute Gasteiger partial charge is 0.375 e. The Hall–Kier alpha value is -1.46. The van der Waals surface area contributed by atoms with Crippen LogP contribution in [-0.4, -0.2) is 25.0 Å². The first kappa shape index (κ1) is 15.6. The molecule has 5 nitrogen and oxygen atoms in total. The van der Waals surface area contributed by atoms with Gasteiger partial charge in [-0.15, -0.1) is 0 Å². The summed E-state index contributed by atoms with van der Waals surface area (Å²) >= 11 is 11.7. The molecule has 0 unspecified atom stereocenters. The van der Waals surface area contributed by atoms with Gasteiger partial charge in [-0.25, -0.2) is 4.79 Å². The van der Waals surface area contributed by atoms with E-state index in [0.29, 0.717) is 22.3 Å². The molecule has 0 saturated heterocycles. The van der Waals surface area contributed by atoms with Crippen molar-refractivity contribution in [2.24, 2.45) is 0 Å². The van der Waals surface area contributed by atoms with Crippen LogP contribution in [0.3, 0.4) is 0 Å². The van der Waals surface area contributed by atoms with Crippen LogP contribution < -0.4 is 16.0 Å². The van der Waals surface area contributed by atoms with E-state index in [0.717, 1.165) is 6.42 Å². The molecule has 0 atom stereocenters. The van der Waals surface area contributed by atoms with E-state index in [1.807, 2.05) is 6.92 Å². The second kappa shape index (κ2) is 7.86. The van der Waals surface area contributed by atoms with E-state index in [4.69, 9.17) is 23.2 Å². The molecule has 1 aromatic rings. The van der Waals surface area contributed by atoms with Crippen LogP contribution in [0.2, 0.25) is 10.0 Å². The Morgan fingerprint density at radius 1 is 1.26 bits per heavy atom. The van der Waals surface area contributed by atoms with E-state index in [1.165, 1.54) is 0 Å². The fourth-order valence-electron chi connectivity index (χ4n) is 1.26. The van der Waals surface area contributed by atoms with Gasteiger partial charge in [-0.2, -0.15) is 0 Å². The maximum absolute atomic E-state index is 11.5. The van der Waals surface area contributed by atoms with E-state index in [1.54, 1.807) is 18.2 Å². The van der Waals surface area contributed by atoms with Crippen LogP contribution in [0.1, 0.15) is 13.3 Å². The third kappa shape index (κ3) is 5.81. The fraction of sp³-hybridized carbons (Fsp3) is 0.333. The molecule has 0 heterocycles. The van der Waals surface area contributed by atoms with Crippen molar-refractivity contribution in [3.8, 4) is 0 Å². The molecule has 7 heteroatoms. The highest BCUT2D eigenvalue weighted by Crippen LogP contribution is 2.24. The minimum atomic E-state index is -0.508. The van der Waals surface area contributed by atoms with Gasteiger partial charge in [0.25, 0.3) is 0 Å². The SMILES string of the molecule is CCCNC(=O)NC(=O)CNc1cc(Cl)ccc1Cl. The van der Waals surface area contributed by atoms with Gasteiger partial charge in [0.1, 0.15) is 0 Å². The molecular weight excluding hydrogens is 289 g/mol. The summed E-state index contributed by atoms with van der Waals surface area (Å²) in [6.07, 6.45) is 0.804. The summed E-state index contributed by atoms with van der Waals surface area (Å²) in [6.45, 7) is 2.37. The van der Waals surface area contributed by atoms with Crippen molar-refractivity contribution in [3.05, 3.63) is 28.2 Å². The van der Waals surface area contributed by atoms with Gasteiger partial charge in [0.15, 0.2) is 0 Å². The van der Waals surface area contributed by atoms with Crippen LogP contribution in [0.25, 0.3) is 0 Å². The third-order valence-electron chi connectivity index (χ3n) is 2.16. The maximum atomic E-state index is 11.5. The number of anilines is 1. The summed E-state index contributed by atoms with van der Waals surface area (Å²) in [6, 6.07) is 4.37. The number of carbonyl (C=O) groups excluding carboxylic acids is 2. The summed E-state index contributed by atoms with van der Waals surface area (Å²) in [5, 5.41) is 8.49. The van der Waals surface area contributed by atoms with Gasteiger partial charge < -0.3 is 10.6 Å². The van der Waals surface area contributed by atoms with Crippen molar-refractivity contribution in [1.29, 1.82) is 0 Å². The van der Waals surface area contributed by atoms with Gasteiger partial charge in [0.2, 0.25) is 5.91 Å². The molecule has 1 rings (SSSR count). The number of amides is 3. The van der Waals surface area contributed by atoms with Gasteiger partial charge in [-0.1, -0.05) is 30.1 Å². The van der Waals surface area contributed by atoms with Gasteiger partial charge >= 0.3 is 6.03 Å². The number of halogens is 2. The molecule has 3 N–H and O–H groups in total. The first-order valence-corrected chi connectivity index (χ1v) is 6.55. The minimum Gasteiger partial charge on any atom is -0.375 e. The average molecular weight is 304 g/mol. The smallest absolute Gasteiger partial charge is 0.321 e. The van der Waals surface area contributed by atoms with E-state index >= 15 is 0 Å². The predicted molar refractivity (Wildman–Crippen MR) is 76.8 cm³/mol. The second-order valence-corrected chi connectivity index (χ2v) is 4.63. The second-order valence-electron chi connectivity index (χ2n) is 3.78. The van der Waals surface area contributed by atoms with Gasteiger partial charge in [0, 0.05) is 11.6 Å². The van der Waals surface area contributed by atoms with E-state index in [2.05, 4.69) is 16.0 Å². The summed E-state index contributed by atoms with van der Waals surface area (Å²) in [5.74, 6) is -0.454. The average Bonchev–Trinajstić information content (AvgIpc) is 2.37. The lowest BCUT2D eigenvalue weighted by molar-refractivity contribution is -0.118. The molecule has 1 aromatic carbocycles. The summed E-state index contributed by atoms with van der Waals surface area (Å²) in [5.41, 5.74) is 0.540. The number of urea groups is 1. The Labute approximate surface area is 121 Å². The molecule has 0 saturated carbocycles. The highest BCUT2D eigenvalue weighted by atomic mass is 35.5. The standard InChI is InChI=1S/C12H15Cl2N3O2/c1-2-5-15-12(19)17-11(18)7-16-10-6-8(13)3-4-9(10)14/h3-4,6,16H,2,5,7H2,1H3,(H2,15,17,18,19). The fourth-order valence-corrected chi connectivity index (χ4v) is 1.62. The molecule has 0 aliphatic carbocycles. The summed E-state index contributed by atoms with van der Waals surface area (Å²) in [4.78, 5) is 22.7. The topological polar surface area (TPSA) is 70.2 Å². The normalized spacial score (nSPS) is 9.84. The van der Waals surface area contributed by atoms with Crippen molar-refractivity contribution >= 4 is 40.8 Å². The van der Waals surface area contributed by atoms with Crippen LogP contribution in [-0.2, 0) is 4.79 Å². The number of nitrogens with one attached hydrogen (secondary N) is 3. The Kier molecular flexibility index (Phi) is 6.45. The number of rotatable bonds is 5. The highest BCUT2D eigenvalue weighted by molar-refractivity contribution is 6.35. The van der Waals surface area contributed by atoms with Crippen LogP contribution in [0, 0.1) is 0 Å². The van der Waals surface area contributed by atoms with Gasteiger partial charge in [-0.05, 0) is 24.6 Å². The molecule has 0 bridgehead atoms. The molecule has 19 heavy (non-hydrogen) atoms. The first-order valence-electron chi connectivity index (χ1n) is 5.79. The Balaban J connectivity index is 2.41. The molecule has 3 amide bonds. The number of carbonyl (C=O) groups is 2. The molecule has 0 fully saturated rings. The molecule has 0 spiro atoms. The van der Waals surface area contributed by atoms with E-state index in [-0.39, 0.29) is 6.54 Å². The van der Waals surface area contributed by atoms with Crippen LogP contribution in [0.4, 0.5) is 10.5 Å². The minimum absolute atomic E-state index is 0.0698.